The van der Waals surface area contributed by atoms with E-state index >= 15 is 0 Å². The number of rotatable bonds is 40. The van der Waals surface area contributed by atoms with Crippen LogP contribution < -0.4 is 11.4 Å². The Bertz CT molecular complexity index is 2250. The van der Waals surface area contributed by atoms with Crippen LogP contribution in [0.25, 0.3) is 0 Å². The first kappa shape index (κ1) is 66.2. The van der Waals surface area contributed by atoms with Gasteiger partial charge in [0.2, 0.25) is 0 Å². The summed E-state index contributed by atoms with van der Waals surface area (Å²) in [4.78, 5) is 61.9. The first-order chi connectivity index (χ1) is 36.1. The average molecular weight is 1090 g/mol. The van der Waals surface area contributed by atoms with Gasteiger partial charge in [0, 0.05) is 19.0 Å². The zero-order chi connectivity index (χ0) is 55.0. The van der Waals surface area contributed by atoms with Crippen molar-refractivity contribution in [3.8, 4) is 0 Å². The number of phosphoric ester groups is 2. The number of anilines is 1. The van der Waals surface area contributed by atoms with E-state index in [9.17, 15) is 48.6 Å². The minimum atomic E-state index is -5.47. The molecule has 0 radical (unpaired) electrons. The van der Waals surface area contributed by atoms with Crippen molar-refractivity contribution in [2.75, 3.05) is 25.6 Å². The number of ether oxygens (including phenoxy) is 3. The Hall–Kier alpha value is -4.88. The quantitative estimate of drug-likeness (QED) is 0.0117. The van der Waals surface area contributed by atoms with Crippen LogP contribution in [0.1, 0.15) is 129 Å². The van der Waals surface area contributed by atoms with Crippen molar-refractivity contribution in [3.63, 3.8) is 0 Å². The monoisotopic (exact) mass is 1090 g/mol. The number of nitrogens with zero attached hydrogens (tertiary/aromatic N) is 2. The molecule has 8 atom stereocenters. The van der Waals surface area contributed by atoms with E-state index in [2.05, 4.69) is 52.7 Å². The summed E-state index contributed by atoms with van der Waals surface area (Å²) < 4.78 is 56.6. The van der Waals surface area contributed by atoms with E-state index in [4.69, 9.17) is 29.0 Å². The summed E-state index contributed by atoms with van der Waals surface area (Å²) in [6.07, 6.45) is 44.9. The number of nitrogens with two attached hydrogens (primary N) is 1. The Morgan fingerprint density at radius 2 is 1.29 bits per heavy atom. The molecule has 1 aromatic rings. The minimum absolute atomic E-state index is 0.0198. The second-order valence-corrected chi connectivity index (χ2v) is 20.2. The first-order valence-corrected chi connectivity index (χ1v) is 28.6. The van der Waals surface area contributed by atoms with E-state index < -0.39 is 89.8 Å². The lowest BCUT2D eigenvalue weighted by Gasteiger charge is -2.21. The van der Waals surface area contributed by atoms with E-state index in [0.29, 0.717) is 25.7 Å². The Morgan fingerprint density at radius 1 is 0.720 bits per heavy atom. The van der Waals surface area contributed by atoms with Gasteiger partial charge in [-0.2, -0.15) is 9.29 Å². The lowest BCUT2D eigenvalue weighted by Crippen LogP contribution is -2.36. The van der Waals surface area contributed by atoms with Crippen LogP contribution in [-0.4, -0.2) is 96.9 Å². The molecule has 2 rings (SSSR count). The average Bonchev–Trinajstić information content (AvgIpc) is 3.64. The van der Waals surface area contributed by atoms with E-state index in [0.717, 1.165) is 55.7 Å². The van der Waals surface area contributed by atoms with Crippen molar-refractivity contribution < 1.29 is 71.4 Å². The summed E-state index contributed by atoms with van der Waals surface area (Å²) in [5.74, 6) is -1.51. The summed E-state index contributed by atoms with van der Waals surface area (Å²) in [5, 5.41) is 30.8. The molecule has 75 heavy (non-hydrogen) atoms. The molecule has 1 aliphatic rings. The van der Waals surface area contributed by atoms with Gasteiger partial charge in [0.25, 0.3) is 0 Å². The molecule has 1 aromatic heterocycles. The SMILES string of the molecule is CC/C=C\CC(O)/C=C/C=C/C/C=C\C/C=C\C/C=C\CCC(=O)O[C@H](COC(=O)CCC/C=C\C/C=C\C/C=C\C/C=C\CCCCC)COP(=O)(O)OP(=O)(O)OC[C@H]1O[C@@H](n2ccc(N)nc2=O)[C@H](O)[C@@H]1O. The standard InChI is InChI=1S/C54H81N3O16P2/c1-3-5-7-8-9-10-11-12-13-14-15-18-21-24-27-30-34-38-49(59)68-42-46(71-50(60)39-35-31-28-25-22-19-16-17-20-23-26-29-33-37-45(58)36-32-6-4-2)43-69-74(64,65)73-75(66,67)70-44-47-51(61)52(62)53(72-47)57-41-40-48(55)56-54(57)63/h6,9-10,12-13,15,17-20,22,24,26-29,31-33,37,40-41,45-47,51-53,58,61-62H,3-5,7-8,11,14,16,21,23,25,30,34-36,38-39,42-44H2,1-2H3,(H,64,65)(H,66,67)(H2,55,56,63)/b10-9-,13-12-,18-15-,20-17-,22-19-,27-24-,29-26+,31-28-,32-6-,37-33+/t45?,46-,47-,51-,52-,53-/m1/s1. The van der Waals surface area contributed by atoms with Crippen molar-refractivity contribution in [1.82, 2.24) is 9.55 Å². The van der Waals surface area contributed by atoms with Gasteiger partial charge >= 0.3 is 33.3 Å². The van der Waals surface area contributed by atoms with E-state index in [1.54, 1.807) is 12.2 Å². The topological polar surface area (TPSA) is 286 Å². The molecule has 1 fully saturated rings. The molecule has 0 spiro atoms. The highest BCUT2D eigenvalue weighted by molar-refractivity contribution is 7.61. The smallest absolute Gasteiger partial charge is 0.462 e. The molecule has 21 heteroatoms. The van der Waals surface area contributed by atoms with Crippen LogP contribution in [0.3, 0.4) is 0 Å². The fourth-order valence-electron chi connectivity index (χ4n) is 6.65. The number of unbranched alkanes of at least 4 members (excludes halogenated alkanes) is 4. The second kappa shape index (κ2) is 40.4. The predicted octanol–water partition coefficient (Wildman–Crippen LogP) is 9.74. The molecule has 1 saturated heterocycles. The number of esters is 2. The van der Waals surface area contributed by atoms with Gasteiger partial charge in [-0.1, -0.05) is 148 Å². The highest BCUT2D eigenvalue weighted by Crippen LogP contribution is 2.60. The van der Waals surface area contributed by atoms with Crippen molar-refractivity contribution in [2.24, 2.45) is 0 Å². The van der Waals surface area contributed by atoms with Crippen LogP contribution in [0, 0.1) is 0 Å². The van der Waals surface area contributed by atoms with Gasteiger partial charge in [0.05, 0.1) is 19.3 Å². The van der Waals surface area contributed by atoms with Gasteiger partial charge in [-0.15, -0.1) is 0 Å². The van der Waals surface area contributed by atoms with Crippen LogP contribution in [0.2, 0.25) is 0 Å². The molecule has 0 aliphatic carbocycles. The van der Waals surface area contributed by atoms with Crippen molar-refractivity contribution in [3.05, 3.63) is 144 Å². The maximum Gasteiger partial charge on any atom is 0.481 e. The van der Waals surface area contributed by atoms with Crippen LogP contribution in [0.5, 0.6) is 0 Å². The van der Waals surface area contributed by atoms with Crippen LogP contribution in [-0.2, 0) is 46.3 Å². The van der Waals surface area contributed by atoms with Gasteiger partial charge < -0.3 is 45.1 Å². The van der Waals surface area contributed by atoms with E-state index in [-0.39, 0.29) is 25.1 Å². The molecule has 2 heterocycles. The fraction of sp³-hybridized carbons (Fsp3) is 0.519. The molecular formula is C54H81N3O16P2. The first-order valence-electron chi connectivity index (χ1n) is 25.7. The number of phosphoric acid groups is 2. The highest BCUT2D eigenvalue weighted by atomic mass is 31.3. The summed E-state index contributed by atoms with van der Waals surface area (Å²) in [6, 6.07) is 1.23. The number of carbonyl (C=O) groups is 2. The molecule has 1 aliphatic heterocycles. The summed E-state index contributed by atoms with van der Waals surface area (Å²) >= 11 is 0. The number of nitrogen functional groups attached to an aromatic ring is 1. The number of aliphatic hydroxyl groups is 3. The zero-order valence-electron chi connectivity index (χ0n) is 43.4. The molecule has 0 bridgehead atoms. The van der Waals surface area contributed by atoms with Crippen molar-refractivity contribution in [1.29, 1.82) is 0 Å². The van der Waals surface area contributed by atoms with Gasteiger partial charge in [-0.25, -0.2) is 13.9 Å². The molecule has 7 N–H and O–H groups in total. The Labute approximate surface area is 442 Å². The summed E-state index contributed by atoms with van der Waals surface area (Å²) in [5.41, 5.74) is 4.57. The van der Waals surface area contributed by atoms with Crippen molar-refractivity contribution >= 4 is 33.4 Å². The third-order valence-corrected chi connectivity index (χ3v) is 13.2. The zero-order valence-corrected chi connectivity index (χ0v) is 45.2. The summed E-state index contributed by atoms with van der Waals surface area (Å²) in [7, 11) is -10.9. The molecule has 0 saturated carbocycles. The number of aliphatic hydroxyl groups excluding tert-OH is 3. The molecule has 0 aromatic carbocycles. The molecule has 418 valence electrons. The molecule has 19 nitrogen and oxygen atoms in total. The van der Waals surface area contributed by atoms with Gasteiger partial charge in [-0.05, 0) is 89.5 Å². The normalized spacial score (nSPS) is 20.2. The minimum Gasteiger partial charge on any atom is -0.462 e. The van der Waals surface area contributed by atoms with E-state index in [1.807, 2.05) is 79.8 Å². The fourth-order valence-corrected chi connectivity index (χ4v) is 8.76. The predicted molar refractivity (Wildman–Crippen MR) is 290 cm³/mol. The van der Waals surface area contributed by atoms with Crippen LogP contribution in [0.15, 0.2) is 139 Å². The molecular weight excluding hydrogens is 1010 g/mol. The number of hydrogen-bond acceptors (Lipinski definition) is 16. The van der Waals surface area contributed by atoms with Gasteiger partial charge in [0.1, 0.15) is 30.7 Å². The second-order valence-electron chi connectivity index (χ2n) is 17.1. The molecule has 3 unspecified atom stereocenters. The Morgan fingerprint density at radius 3 is 1.89 bits per heavy atom. The van der Waals surface area contributed by atoms with Crippen LogP contribution >= 0.6 is 15.6 Å². The number of aromatic nitrogens is 2. The lowest BCUT2D eigenvalue weighted by molar-refractivity contribution is -0.161. The van der Waals surface area contributed by atoms with Gasteiger partial charge in [0.15, 0.2) is 12.3 Å². The Kier molecular flexibility index (Phi) is 35.7. The lowest BCUT2D eigenvalue weighted by atomic mass is 10.1. The summed E-state index contributed by atoms with van der Waals surface area (Å²) in [6.45, 7) is 1.77. The largest absolute Gasteiger partial charge is 0.481 e. The maximum atomic E-state index is 12.9. The van der Waals surface area contributed by atoms with E-state index in [1.165, 1.54) is 25.3 Å². The Balaban J connectivity index is 1.87. The van der Waals surface area contributed by atoms with Crippen molar-refractivity contribution in [2.45, 2.75) is 160 Å². The van der Waals surface area contributed by atoms with Crippen LogP contribution in [0.4, 0.5) is 5.82 Å². The highest BCUT2D eigenvalue weighted by Gasteiger charge is 2.46. The molecule has 0 amide bonds. The maximum absolute atomic E-state index is 12.9. The third kappa shape index (κ3) is 33.0. The third-order valence-electron chi connectivity index (χ3n) is 10.6. The number of carbonyl (C=O) groups excluding carboxylic acids is 2. The number of hydrogen-bond donors (Lipinski definition) is 6. The van der Waals surface area contributed by atoms with Gasteiger partial charge in [-0.3, -0.25) is 23.2 Å². The number of allylic oxidation sites excluding steroid dienone is 18.